The molecule has 1 heterocycles. The first-order valence-electron chi connectivity index (χ1n) is 9.49. The number of nitrogens with one attached hydrogen (secondary N) is 2. The molecule has 0 bridgehead atoms. The van der Waals surface area contributed by atoms with Gasteiger partial charge in [0.15, 0.2) is 5.96 Å². The van der Waals surface area contributed by atoms with Gasteiger partial charge in [-0.2, -0.15) is 4.31 Å². The molecule has 1 amide bonds. The number of halogens is 1. The number of carbonyl (C=O) groups is 1. The van der Waals surface area contributed by atoms with Crippen LogP contribution in [0.1, 0.15) is 44.9 Å². The Morgan fingerprint density at radius 2 is 1.81 bits per heavy atom. The van der Waals surface area contributed by atoms with Crippen molar-refractivity contribution >= 4 is 45.9 Å². The molecule has 0 aromatic carbocycles. The molecule has 2 N–H and O–H groups in total. The van der Waals surface area contributed by atoms with E-state index in [1.807, 2.05) is 0 Å². The molecule has 1 saturated carbocycles. The first-order valence-corrected chi connectivity index (χ1v) is 11.3. The van der Waals surface area contributed by atoms with Crippen molar-refractivity contribution in [1.82, 2.24) is 19.8 Å². The number of hydrogen-bond donors (Lipinski definition) is 2. The molecular formula is C17H34IN5O3S. The lowest BCUT2D eigenvalue weighted by molar-refractivity contribution is -0.127. The van der Waals surface area contributed by atoms with Crippen molar-refractivity contribution in [3.63, 3.8) is 0 Å². The highest BCUT2D eigenvalue weighted by molar-refractivity contribution is 14.0. The highest BCUT2D eigenvalue weighted by atomic mass is 127. The summed E-state index contributed by atoms with van der Waals surface area (Å²) in [5.41, 5.74) is 0. The predicted molar refractivity (Wildman–Crippen MR) is 119 cm³/mol. The van der Waals surface area contributed by atoms with Gasteiger partial charge in [0.1, 0.15) is 6.54 Å². The number of hydrogen-bond acceptors (Lipinski definition) is 4. The van der Waals surface area contributed by atoms with Crippen molar-refractivity contribution < 1.29 is 13.2 Å². The molecule has 2 fully saturated rings. The highest BCUT2D eigenvalue weighted by Gasteiger charge is 2.31. The normalized spacial score (nSPS) is 22.2. The van der Waals surface area contributed by atoms with Gasteiger partial charge in [-0.1, -0.05) is 19.3 Å². The van der Waals surface area contributed by atoms with E-state index in [0.717, 1.165) is 25.7 Å². The van der Waals surface area contributed by atoms with E-state index in [9.17, 15) is 13.2 Å². The van der Waals surface area contributed by atoms with Gasteiger partial charge in [0.25, 0.3) is 0 Å². The van der Waals surface area contributed by atoms with E-state index in [4.69, 9.17) is 0 Å². The largest absolute Gasteiger partial charge is 0.355 e. The number of likely N-dealkylation sites (N-methyl/N-ethyl adjacent to an activating group) is 1. The second-order valence-electron chi connectivity index (χ2n) is 7.48. The Labute approximate surface area is 180 Å². The van der Waals surface area contributed by atoms with Gasteiger partial charge >= 0.3 is 0 Å². The van der Waals surface area contributed by atoms with Gasteiger partial charge in [-0.15, -0.1) is 24.0 Å². The van der Waals surface area contributed by atoms with Crippen molar-refractivity contribution in [3.8, 4) is 0 Å². The van der Waals surface area contributed by atoms with Crippen molar-refractivity contribution in [3.05, 3.63) is 0 Å². The van der Waals surface area contributed by atoms with E-state index in [1.54, 1.807) is 18.4 Å². The molecule has 1 saturated heterocycles. The van der Waals surface area contributed by atoms with E-state index in [-0.39, 0.29) is 42.5 Å². The summed E-state index contributed by atoms with van der Waals surface area (Å²) >= 11 is 0. The predicted octanol–water partition coefficient (Wildman–Crippen LogP) is 0.985. The van der Waals surface area contributed by atoms with E-state index in [1.165, 1.54) is 30.4 Å². The SMILES string of the molecule is CN(C)C(=O)CN=C(NC[C@H]1CCCN1S(C)(=O)=O)NC1CCCCC1.I. The molecule has 2 rings (SSSR count). The highest BCUT2D eigenvalue weighted by Crippen LogP contribution is 2.20. The van der Waals surface area contributed by atoms with Crippen LogP contribution in [0.15, 0.2) is 4.99 Å². The third-order valence-electron chi connectivity index (χ3n) is 5.07. The number of nitrogens with zero attached hydrogens (tertiary/aromatic N) is 3. The monoisotopic (exact) mass is 515 g/mol. The van der Waals surface area contributed by atoms with E-state index in [2.05, 4.69) is 15.6 Å². The summed E-state index contributed by atoms with van der Waals surface area (Å²) in [7, 11) is 0.229. The van der Waals surface area contributed by atoms with Crippen LogP contribution in [0.4, 0.5) is 0 Å². The van der Waals surface area contributed by atoms with Crippen LogP contribution in [-0.2, 0) is 14.8 Å². The van der Waals surface area contributed by atoms with Gasteiger partial charge in [-0.3, -0.25) is 4.79 Å². The van der Waals surface area contributed by atoms with Crippen LogP contribution in [-0.4, -0.2) is 81.6 Å². The van der Waals surface area contributed by atoms with Gasteiger partial charge in [-0.05, 0) is 25.7 Å². The van der Waals surface area contributed by atoms with Crippen molar-refractivity contribution in [2.45, 2.75) is 57.0 Å². The summed E-state index contributed by atoms with van der Waals surface area (Å²) in [6.45, 7) is 1.16. The van der Waals surface area contributed by atoms with Crippen molar-refractivity contribution in [2.75, 3.05) is 40.0 Å². The standard InChI is InChI=1S/C17H33N5O3S.HI/c1-21(2)16(23)13-19-17(20-14-8-5-4-6-9-14)18-12-15-10-7-11-22(15)26(3,24)25;/h14-15H,4-13H2,1-3H3,(H2,18,19,20);1H/t15-;/m1./s1. The van der Waals surface area contributed by atoms with Crippen LogP contribution in [0.2, 0.25) is 0 Å². The summed E-state index contributed by atoms with van der Waals surface area (Å²) in [5.74, 6) is 0.542. The maximum Gasteiger partial charge on any atom is 0.243 e. The number of carbonyl (C=O) groups excluding carboxylic acids is 1. The minimum Gasteiger partial charge on any atom is -0.355 e. The topological polar surface area (TPSA) is 94.1 Å². The van der Waals surface area contributed by atoms with Crippen LogP contribution >= 0.6 is 24.0 Å². The minimum atomic E-state index is -3.19. The number of aliphatic imine (C=N–C) groups is 1. The second kappa shape index (κ2) is 11.4. The first kappa shape index (κ1) is 24.4. The third-order valence-corrected chi connectivity index (χ3v) is 6.40. The zero-order valence-electron chi connectivity index (χ0n) is 16.6. The van der Waals surface area contributed by atoms with Crippen LogP contribution in [0.5, 0.6) is 0 Å². The zero-order valence-corrected chi connectivity index (χ0v) is 19.8. The maximum absolute atomic E-state index is 11.9. The van der Waals surface area contributed by atoms with Gasteiger partial charge in [0, 0.05) is 39.3 Å². The quantitative estimate of drug-likeness (QED) is 0.313. The Balaban J connectivity index is 0.00000364. The lowest BCUT2D eigenvalue weighted by atomic mass is 9.96. The first-order chi connectivity index (χ1) is 12.3. The van der Waals surface area contributed by atoms with Crippen molar-refractivity contribution in [1.29, 1.82) is 0 Å². The van der Waals surface area contributed by atoms with Crippen LogP contribution in [0.25, 0.3) is 0 Å². The molecule has 0 spiro atoms. The number of amides is 1. The molecule has 10 heteroatoms. The molecule has 0 radical (unpaired) electrons. The summed E-state index contributed by atoms with van der Waals surface area (Å²) in [6.07, 6.45) is 8.84. The Bertz CT molecular complexity index is 606. The number of rotatable bonds is 6. The average Bonchev–Trinajstić information content (AvgIpc) is 3.06. The van der Waals surface area contributed by atoms with Crippen LogP contribution < -0.4 is 10.6 Å². The second-order valence-corrected chi connectivity index (χ2v) is 9.42. The molecule has 158 valence electrons. The molecule has 0 unspecified atom stereocenters. The van der Waals surface area contributed by atoms with Gasteiger partial charge in [0.2, 0.25) is 15.9 Å². The lowest BCUT2D eigenvalue weighted by Gasteiger charge is -2.27. The molecule has 1 aliphatic heterocycles. The summed E-state index contributed by atoms with van der Waals surface area (Å²) in [4.78, 5) is 17.8. The van der Waals surface area contributed by atoms with E-state index < -0.39 is 10.0 Å². The molecular weight excluding hydrogens is 481 g/mol. The smallest absolute Gasteiger partial charge is 0.243 e. The Morgan fingerprint density at radius 3 is 2.41 bits per heavy atom. The zero-order chi connectivity index (χ0) is 19.2. The fraction of sp³-hybridized carbons (Fsp3) is 0.882. The molecule has 1 aliphatic carbocycles. The summed E-state index contributed by atoms with van der Waals surface area (Å²) < 4.78 is 25.4. The van der Waals surface area contributed by atoms with E-state index in [0.29, 0.717) is 25.1 Å². The molecule has 27 heavy (non-hydrogen) atoms. The fourth-order valence-electron chi connectivity index (χ4n) is 3.55. The molecule has 2 aliphatic rings. The Hall–Kier alpha value is -0.620. The molecule has 1 atom stereocenters. The Morgan fingerprint density at radius 1 is 1.15 bits per heavy atom. The molecule has 8 nitrogen and oxygen atoms in total. The Kier molecular flexibility index (Phi) is 10.3. The molecule has 0 aromatic heterocycles. The third kappa shape index (κ3) is 8.10. The number of guanidine groups is 1. The fourth-order valence-corrected chi connectivity index (χ4v) is 4.73. The number of sulfonamides is 1. The average molecular weight is 515 g/mol. The molecule has 0 aromatic rings. The van der Waals surface area contributed by atoms with Crippen LogP contribution in [0.3, 0.4) is 0 Å². The van der Waals surface area contributed by atoms with E-state index >= 15 is 0 Å². The van der Waals surface area contributed by atoms with Gasteiger partial charge < -0.3 is 15.5 Å². The van der Waals surface area contributed by atoms with Gasteiger partial charge in [-0.25, -0.2) is 13.4 Å². The van der Waals surface area contributed by atoms with Gasteiger partial charge in [0.05, 0.1) is 6.26 Å². The van der Waals surface area contributed by atoms with Crippen molar-refractivity contribution in [2.24, 2.45) is 4.99 Å². The summed E-state index contributed by atoms with van der Waals surface area (Å²) in [6, 6.07) is 0.298. The minimum absolute atomic E-state index is 0. The van der Waals surface area contributed by atoms with Crippen LogP contribution in [0, 0.1) is 0 Å². The maximum atomic E-state index is 11.9. The lowest BCUT2D eigenvalue weighted by Crippen LogP contribution is -2.49. The summed E-state index contributed by atoms with van der Waals surface area (Å²) in [5, 5.41) is 6.70.